The standard InChI is InChI=1S/C10H12BrFN2O4S2/c11-7-5-8(12)9(13)6-10(7)20(17,18)14-1-3-19(15,16)4-2-14/h5-6H,1-4,13H2. The fourth-order valence-corrected chi connectivity index (χ4v) is 5.70. The molecule has 2 N–H and O–H groups in total. The Bertz CT molecular complexity index is 735. The van der Waals surface area contributed by atoms with E-state index < -0.39 is 25.7 Å². The van der Waals surface area contributed by atoms with Crippen LogP contribution in [0.1, 0.15) is 0 Å². The van der Waals surface area contributed by atoms with Crippen molar-refractivity contribution < 1.29 is 21.2 Å². The number of nitrogen functional groups attached to an aromatic ring is 1. The first-order valence-electron chi connectivity index (χ1n) is 5.58. The molecule has 112 valence electrons. The molecule has 1 heterocycles. The molecule has 0 aromatic heterocycles. The zero-order valence-electron chi connectivity index (χ0n) is 10.2. The molecule has 0 amide bonds. The lowest BCUT2D eigenvalue weighted by atomic mass is 10.3. The summed E-state index contributed by atoms with van der Waals surface area (Å²) >= 11 is 2.99. The van der Waals surface area contributed by atoms with Crippen molar-refractivity contribution in [3.63, 3.8) is 0 Å². The van der Waals surface area contributed by atoms with E-state index in [-0.39, 0.29) is 39.7 Å². The summed E-state index contributed by atoms with van der Waals surface area (Å²) in [5, 5.41) is 0. The SMILES string of the molecule is Nc1cc(S(=O)(=O)N2CCS(=O)(=O)CC2)c(Br)cc1F. The van der Waals surface area contributed by atoms with E-state index in [1.807, 2.05) is 0 Å². The first kappa shape index (κ1) is 15.7. The van der Waals surface area contributed by atoms with Crippen LogP contribution in [0.15, 0.2) is 21.5 Å². The maximum atomic E-state index is 13.2. The minimum atomic E-state index is -3.91. The second kappa shape index (κ2) is 5.24. The van der Waals surface area contributed by atoms with Gasteiger partial charge in [-0.25, -0.2) is 21.2 Å². The smallest absolute Gasteiger partial charge is 0.244 e. The van der Waals surface area contributed by atoms with Gasteiger partial charge in [-0.15, -0.1) is 0 Å². The predicted molar refractivity (Wildman–Crippen MR) is 75.9 cm³/mol. The van der Waals surface area contributed by atoms with Crippen molar-refractivity contribution in [2.75, 3.05) is 30.3 Å². The van der Waals surface area contributed by atoms with Crippen LogP contribution in [-0.2, 0) is 19.9 Å². The summed E-state index contributed by atoms with van der Waals surface area (Å²) in [6, 6.07) is 2.00. The Morgan fingerprint density at radius 3 is 2.35 bits per heavy atom. The fourth-order valence-electron chi connectivity index (χ4n) is 1.82. The normalized spacial score (nSPS) is 19.9. The quantitative estimate of drug-likeness (QED) is 0.750. The first-order chi connectivity index (χ1) is 9.13. The number of hydrogen-bond donors (Lipinski definition) is 1. The van der Waals surface area contributed by atoms with Gasteiger partial charge in [-0.2, -0.15) is 4.31 Å². The molecule has 1 aromatic rings. The van der Waals surface area contributed by atoms with Crippen LogP contribution in [0.3, 0.4) is 0 Å². The van der Waals surface area contributed by atoms with Crippen molar-refractivity contribution in [1.29, 1.82) is 0 Å². The van der Waals surface area contributed by atoms with Gasteiger partial charge < -0.3 is 5.73 Å². The molecule has 0 spiro atoms. The van der Waals surface area contributed by atoms with Gasteiger partial charge in [0.2, 0.25) is 10.0 Å². The molecule has 2 rings (SSSR count). The average molecular weight is 387 g/mol. The Hall–Kier alpha value is -0.710. The Labute approximate surface area is 124 Å². The van der Waals surface area contributed by atoms with Crippen molar-refractivity contribution >= 4 is 41.5 Å². The zero-order valence-corrected chi connectivity index (χ0v) is 13.4. The van der Waals surface area contributed by atoms with Gasteiger partial charge >= 0.3 is 0 Å². The zero-order chi connectivity index (χ0) is 15.1. The lowest BCUT2D eigenvalue weighted by Crippen LogP contribution is -2.43. The van der Waals surface area contributed by atoms with E-state index in [9.17, 15) is 21.2 Å². The third-order valence-corrected chi connectivity index (χ3v) is 7.44. The van der Waals surface area contributed by atoms with Crippen molar-refractivity contribution in [2.45, 2.75) is 4.90 Å². The topological polar surface area (TPSA) is 97.5 Å². The molecule has 0 unspecified atom stereocenters. The molecule has 1 aromatic carbocycles. The Morgan fingerprint density at radius 1 is 1.25 bits per heavy atom. The Balaban J connectivity index is 2.39. The van der Waals surface area contributed by atoms with E-state index in [2.05, 4.69) is 15.9 Å². The van der Waals surface area contributed by atoms with Crippen LogP contribution in [0.4, 0.5) is 10.1 Å². The number of nitrogens with two attached hydrogens (primary N) is 1. The molecular formula is C10H12BrFN2O4S2. The summed E-state index contributed by atoms with van der Waals surface area (Å²) in [7, 11) is -7.09. The summed E-state index contributed by atoms with van der Waals surface area (Å²) in [6.07, 6.45) is 0. The third kappa shape index (κ3) is 2.97. The van der Waals surface area contributed by atoms with Gasteiger partial charge in [0.25, 0.3) is 0 Å². The van der Waals surface area contributed by atoms with E-state index in [0.717, 1.165) is 16.4 Å². The van der Waals surface area contributed by atoms with Crippen LogP contribution >= 0.6 is 15.9 Å². The third-order valence-electron chi connectivity index (χ3n) is 2.97. The van der Waals surface area contributed by atoms with Crippen molar-refractivity contribution in [2.24, 2.45) is 0 Å². The van der Waals surface area contributed by atoms with Crippen LogP contribution in [0.25, 0.3) is 0 Å². The molecule has 0 aliphatic carbocycles. The summed E-state index contributed by atoms with van der Waals surface area (Å²) in [5.74, 6) is -1.17. The number of anilines is 1. The largest absolute Gasteiger partial charge is 0.396 e. The van der Waals surface area contributed by atoms with Crippen LogP contribution in [-0.4, -0.2) is 45.7 Å². The molecule has 10 heteroatoms. The number of halogens is 2. The highest BCUT2D eigenvalue weighted by Gasteiger charge is 2.32. The Kier molecular flexibility index (Phi) is 4.11. The van der Waals surface area contributed by atoms with Gasteiger partial charge in [-0.1, -0.05) is 0 Å². The molecule has 20 heavy (non-hydrogen) atoms. The first-order valence-corrected chi connectivity index (χ1v) is 9.64. The number of nitrogens with zero attached hydrogens (tertiary/aromatic N) is 1. The van der Waals surface area contributed by atoms with E-state index in [1.165, 1.54) is 0 Å². The van der Waals surface area contributed by atoms with E-state index >= 15 is 0 Å². The summed E-state index contributed by atoms with van der Waals surface area (Å²) in [4.78, 5) is -0.171. The van der Waals surface area contributed by atoms with Gasteiger partial charge in [-0.05, 0) is 28.1 Å². The highest BCUT2D eigenvalue weighted by Crippen LogP contribution is 2.29. The highest BCUT2D eigenvalue weighted by atomic mass is 79.9. The molecule has 1 aliphatic rings. The van der Waals surface area contributed by atoms with Gasteiger partial charge in [0.1, 0.15) is 5.82 Å². The molecule has 1 aliphatic heterocycles. The average Bonchev–Trinajstić information content (AvgIpc) is 2.33. The second-order valence-corrected chi connectivity index (χ2v) is 9.42. The lowest BCUT2D eigenvalue weighted by molar-refractivity contribution is 0.430. The minimum absolute atomic E-state index is 0.0534. The van der Waals surface area contributed by atoms with Crippen molar-refractivity contribution in [1.82, 2.24) is 4.31 Å². The summed E-state index contributed by atoms with van der Waals surface area (Å²) in [5.41, 5.74) is 5.10. The maximum absolute atomic E-state index is 13.2. The molecular weight excluding hydrogens is 375 g/mol. The number of benzene rings is 1. The summed E-state index contributed by atoms with van der Waals surface area (Å²) in [6.45, 7) is -0.233. The Morgan fingerprint density at radius 2 is 1.80 bits per heavy atom. The van der Waals surface area contributed by atoms with Crippen LogP contribution in [0.5, 0.6) is 0 Å². The number of sulfone groups is 1. The molecule has 0 radical (unpaired) electrons. The maximum Gasteiger partial charge on any atom is 0.244 e. The van der Waals surface area contributed by atoms with Crippen LogP contribution in [0, 0.1) is 5.82 Å². The molecule has 0 saturated carbocycles. The molecule has 6 nitrogen and oxygen atoms in total. The highest BCUT2D eigenvalue weighted by molar-refractivity contribution is 9.10. The summed E-state index contributed by atoms with van der Waals surface area (Å²) < 4.78 is 61.8. The minimum Gasteiger partial charge on any atom is -0.396 e. The van der Waals surface area contributed by atoms with Gasteiger partial charge in [0.15, 0.2) is 9.84 Å². The molecule has 1 fully saturated rings. The predicted octanol–water partition coefficient (Wildman–Crippen LogP) is 0.590. The molecule has 1 saturated heterocycles. The number of sulfonamides is 1. The van der Waals surface area contributed by atoms with Gasteiger partial charge in [0.05, 0.1) is 22.1 Å². The van der Waals surface area contributed by atoms with E-state index in [4.69, 9.17) is 5.73 Å². The van der Waals surface area contributed by atoms with E-state index in [1.54, 1.807) is 0 Å². The van der Waals surface area contributed by atoms with Gasteiger partial charge in [-0.3, -0.25) is 0 Å². The second-order valence-electron chi connectivity index (χ2n) is 4.36. The lowest BCUT2D eigenvalue weighted by Gasteiger charge is -2.26. The van der Waals surface area contributed by atoms with Crippen molar-refractivity contribution in [3.05, 3.63) is 22.4 Å². The van der Waals surface area contributed by atoms with Gasteiger partial charge in [0, 0.05) is 17.6 Å². The number of hydrogen-bond acceptors (Lipinski definition) is 5. The van der Waals surface area contributed by atoms with Crippen LogP contribution < -0.4 is 5.73 Å². The fraction of sp³-hybridized carbons (Fsp3) is 0.400. The monoisotopic (exact) mass is 386 g/mol. The molecule has 0 bridgehead atoms. The van der Waals surface area contributed by atoms with Crippen molar-refractivity contribution in [3.8, 4) is 0 Å². The molecule has 0 atom stereocenters. The number of rotatable bonds is 2. The van der Waals surface area contributed by atoms with Crippen LogP contribution in [0.2, 0.25) is 0 Å². The van der Waals surface area contributed by atoms with E-state index in [0.29, 0.717) is 0 Å².